The van der Waals surface area contributed by atoms with Crippen LogP contribution in [-0.4, -0.2) is 47.3 Å². The topological polar surface area (TPSA) is 44.8 Å². The largest absolute Gasteiger partial charge is 0.417 e. The number of hydrogen-bond donors (Lipinski definition) is 0. The Balaban J connectivity index is 2.62. The Kier molecular flexibility index (Phi) is 11.5. The van der Waals surface area contributed by atoms with E-state index in [1.807, 2.05) is 6.92 Å². The molecule has 0 saturated carbocycles. The van der Waals surface area contributed by atoms with Crippen LogP contribution in [0.1, 0.15) is 93.9 Å². The standard InChI is InChI=1S/C28H56O4Si2/c1-21(23(3)29)19-25(32-34(12,13)28(7,8)9)16-17-26-22(2)20-24(31-26)15-14-18-30-33(10,11)27(4,5)6/h21,24-26H,2,14-20H2,1,3-13H3/t21?,24-,25?,26-/m0/s1. The molecule has 1 aliphatic rings. The minimum absolute atomic E-state index is 0.0242. The van der Waals surface area contributed by atoms with Crippen LogP contribution in [0.5, 0.6) is 0 Å². The van der Waals surface area contributed by atoms with Crippen molar-refractivity contribution in [3.63, 3.8) is 0 Å². The summed E-state index contributed by atoms with van der Waals surface area (Å²) in [7, 11) is -3.60. The number of carbonyl (C=O) groups is 1. The van der Waals surface area contributed by atoms with Crippen LogP contribution in [0.3, 0.4) is 0 Å². The van der Waals surface area contributed by atoms with Gasteiger partial charge in [-0.15, -0.1) is 0 Å². The molecule has 0 aromatic heterocycles. The van der Waals surface area contributed by atoms with Crippen molar-refractivity contribution in [2.24, 2.45) is 5.92 Å². The van der Waals surface area contributed by atoms with Gasteiger partial charge in [-0.2, -0.15) is 0 Å². The van der Waals surface area contributed by atoms with E-state index in [0.717, 1.165) is 45.1 Å². The van der Waals surface area contributed by atoms with Gasteiger partial charge in [-0.3, -0.25) is 4.79 Å². The monoisotopic (exact) mass is 512 g/mol. The van der Waals surface area contributed by atoms with Gasteiger partial charge >= 0.3 is 0 Å². The molecule has 4 atom stereocenters. The van der Waals surface area contributed by atoms with E-state index in [-0.39, 0.29) is 40.1 Å². The Bertz CT molecular complexity index is 673. The fourth-order valence-electron chi connectivity index (χ4n) is 3.81. The lowest BCUT2D eigenvalue weighted by Gasteiger charge is -2.40. The lowest BCUT2D eigenvalue weighted by Crippen LogP contribution is -2.44. The molecule has 6 heteroatoms. The zero-order chi connectivity index (χ0) is 26.5. The first kappa shape index (κ1) is 31.8. The number of carbonyl (C=O) groups excluding carboxylic acids is 1. The average molecular weight is 513 g/mol. The van der Waals surface area contributed by atoms with Crippen molar-refractivity contribution in [3.05, 3.63) is 12.2 Å². The predicted molar refractivity (Wildman–Crippen MR) is 151 cm³/mol. The summed E-state index contributed by atoms with van der Waals surface area (Å²) >= 11 is 0. The van der Waals surface area contributed by atoms with Crippen LogP contribution in [-0.2, 0) is 18.4 Å². The molecule has 34 heavy (non-hydrogen) atoms. The maximum absolute atomic E-state index is 11.9. The van der Waals surface area contributed by atoms with Crippen LogP contribution in [0.4, 0.5) is 0 Å². The first-order valence-electron chi connectivity index (χ1n) is 13.4. The first-order valence-corrected chi connectivity index (χ1v) is 19.2. The molecule has 1 fully saturated rings. The molecule has 0 aliphatic carbocycles. The quantitative estimate of drug-likeness (QED) is 0.141. The Labute approximate surface area is 213 Å². The molecule has 0 amide bonds. The summed E-state index contributed by atoms with van der Waals surface area (Å²) in [6.07, 6.45) is 6.06. The lowest BCUT2D eigenvalue weighted by molar-refractivity contribution is -0.121. The van der Waals surface area contributed by atoms with Crippen LogP contribution >= 0.6 is 0 Å². The zero-order valence-electron chi connectivity index (χ0n) is 24.6. The third kappa shape index (κ3) is 9.64. The van der Waals surface area contributed by atoms with Crippen LogP contribution in [0.25, 0.3) is 0 Å². The Hall–Kier alpha value is -0.276. The van der Waals surface area contributed by atoms with Gasteiger partial charge in [0, 0.05) is 18.6 Å². The minimum Gasteiger partial charge on any atom is -0.417 e. The molecule has 200 valence electrons. The van der Waals surface area contributed by atoms with Crippen LogP contribution in [0, 0.1) is 5.92 Å². The van der Waals surface area contributed by atoms with Gasteiger partial charge in [0.05, 0.1) is 12.2 Å². The van der Waals surface area contributed by atoms with Gasteiger partial charge in [0.25, 0.3) is 0 Å². The fraction of sp³-hybridized carbons (Fsp3) is 0.893. The fourth-order valence-corrected chi connectivity index (χ4v) is 6.30. The molecule has 0 bridgehead atoms. The summed E-state index contributed by atoms with van der Waals surface area (Å²) in [4.78, 5) is 11.9. The summed E-state index contributed by atoms with van der Waals surface area (Å²) in [5.41, 5.74) is 1.21. The summed E-state index contributed by atoms with van der Waals surface area (Å²) in [5, 5.41) is 0.398. The number of Topliss-reactive ketones (excluding diaryl/α,β-unsaturated/α-hetero) is 1. The maximum atomic E-state index is 11.9. The average Bonchev–Trinajstić information content (AvgIpc) is 3.00. The highest BCUT2D eigenvalue weighted by Gasteiger charge is 2.40. The van der Waals surface area contributed by atoms with E-state index in [1.54, 1.807) is 6.92 Å². The molecule has 0 radical (unpaired) electrons. The van der Waals surface area contributed by atoms with Gasteiger partial charge in [0.2, 0.25) is 0 Å². The molecular formula is C28H56O4Si2. The van der Waals surface area contributed by atoms with E-state index >= 15 is 0 Å². The van der Waals surface area contributed by atoms with E-state index < -0.39 is 16.6 Å². The van der Waals surface area contributed by atoms with Gasteiger partial charge in [-0.25, -0.2) is 0 Å². The van der Waals surface area contributed by atoms with Gasteiger partial charge < -0.3 is 13.6 Å². The molecule has 4 nitrogen and oxygen atoms in total. The van der Waals surface area contributed by atoms with Crippen molar-refractivity contribution in [1.29, 1.82) is 0 Å². The van der Waals surface area contributed by atoms with Crippen molar-refractivity contribution in [2.45, 2.75) is 148 Å². The van der Waals surface area contributed by atoms with Crippen molar-refractivity contribution in [3.8, 4) is 0 Å². The number of hydrogen-bond acceptors (Lipinski definition) is 4. The number of rotatable bonds is 13. The smallest absolute Gasteiger partial charge is 0.192 e. The predicted octanol–water partition coefficient (Wildman–Crippen LogP) is 8.29. The molecule has 0 N–H and O–H groups in total. The van der Waals surface area contributed by atoms with Crippen LogP contribution in [0.2, 0.25) is 36.3 Å². The van der Waals surface area contributed by atoms with Crippen LogP contribution < -0.4 is 0 Å². The van der Waals surface area contributed by atoms with E-state index in [1.165, 1.54) is 5.57 Å². The number of ketones is 1. The highest BCUT2D eigenvalue weighted by molar-refractivity contribution is 6.74. The number of ether oxygens (including phenoxy) is 1. The molecule has 1 aliphatic heterocycles. The Morgan fingerprint density at radius 3 is 2.12 bits per heavy atom. The Morgan fingerprint density at radius 1 is 1.06 bits per heavy atom. The molecule has 0 spiro atoms. The zero-order valence-corrected chi connectivity index (χ0v) is 26.6. The van der Waals surface area contributed by atoms with Crippen molar-refractivity contribution < 1.29 is 18.4 Å². The lowest BCUT2D eigenvalue weighted by atomic mass is 9.95. The SMILES string of the molecule is C=C1C[C@H](CCCO[Si](C)(C)C(C)(C)C)O[C@H]1CCC(CC(C)C(C)=O)O[Si](C)(C)C(C)(C)C. The summed E-state index contributed by atoms with van der Waals surface area (Å²) in [5.74, 6) is 0.265. The van der Waals surface area contributed by atoms with E-state index in [9.17, 15) is 4.79 Å². The van der Waals surface area contributed by atoms with Crippen molar-refractivity contribution in [1.82, 2.24) is 0 Å². The third-order valence-corrected chi connectivity index (χ3v) is 17.6. The van der Waals surface area contributed by atoms with Gasteiger partial charge in [0.15, 0.2) is 16.6 Å². The molecular weight excluding hydrogens is 456 g/mol. The summed E-state index contributed by atoms with van der Waals surface area (Å²) in [6.45, 7) is 31.7. The summed E-state index contributed by atoms with van der Waals surface area (Å²) < 4.78 is 19.5. The second kappa shape index (κ2) is 12.3. The molecule has 1 saturated heterocycles. The van der Waals surface area contributed by atoms with E-state index in [0.29, 0.717) is 0 Å². The van der Waals surface area contributed by atoms with E-state index in [4.69, 9.17) is 13.6 Å². The van der Waals surface area contributed by atoms with Crippen LogP contribution in [0.15, 0.2) is 12.2 Å². The normalized spacial score (nSPS) is 22.2. The van der Waals surface area contributed by atoms with Crippen molar-refractivity contribution >= 4 is 22.4 Å². The molecule has 1 rings (SSSR count). The molecule has 0 aromatic carbocycles. The van der Waals surface area contributed by atoms with Crippen molar-refractivity contribution in [2.75, 3.05) is 6.61 Å². The van der Waals surface area contributed by atoms with Gasteiger partial charge in [-0.1, -0.05) is 55.0 Å². The molecule has 1 heterocycles. The second-order valence-electron chi connectivity index (χ2n) is 13.7. The molecule has 0 aromatic rings. The first-order chi connectivity index (χ1) is 15.3. The van der Waals surface area contributed by atoms with Gasteiger partial charge in [-0.05, 0) is 87.3 Å². The molecule has 2 unspecified atom stereocenters. The summed E-state index contributed by atoms with van der Waals surface area (Å²) in [6, 6.07) is 0. The highest BCUT2D eigenvalue weighted by atomic mass is 28.4. The maximum Gasteiger partial charge on any atom is 0.192 e. The Morgan fingerprint density at radius 2 is 1.62 bits per heavy atom. The highest BCUT2D eigenvalue weighted by Crippen LogP contribution is 2.40. The minimum atomic E-state index is -1.91. The van der Waals surface area contributed by atoms with E-state index in [2.05, 4.69) is 74.3 Å². The second-order valence-corrected chi connectivity index (χ2v) is 23.3. The third-order valence-electron chi connectivity index (χ3n) is 8.57. The van der Waals surface area contributed by atoms with Gasteiger partial charge in [0.1, 0.15) is 5.78 Å².